The summed E-state index contributed by atoms with van der Waals surface area (Å²) >= 11 is 0. The summed E-state index contributed by atoms with van der Waals surface area (Å²) in [5, 5.41) is 6.71. The maximum atomic E-state index is 10.9. The van der Waals surface area contributed by atoms with Crippen molar-refractivity contribution >= 4 is 5.91 Å². The van der Waals surface area contributed by atoms with Crippen LogP contribution in [0.2, 0.25) is 0 Å². The Hall–Kier alpha value is -0.610. The van der Waals surface area contributed by atoms with Crippen LogP contribution in [-0.2, 0) is 4.79 Å². The van der Waals surface area contributed by atoms with Crippen LogP contribution in [0.4, 0.5) is 0 Å². The van der Waals surface area contributed by atoms with E-state index in [-0.39, 0.29) is 11.9 Å². The molecule has 1 aliphatic rings. The van der Waals surface area contributed by atoms with Crippen molar-refractivity contribution in [2.75, 3.05) is 6.54 Å². The highest BCUT2D eigenvalue weighted by molar-refractivity contribution is 5.79. The molecule has 0 aromatic rings. The molecular formula is C11H23N3O. The van der Waals surface area contributed by atoms with E-state index in [0.717, 1.165) is 13.0 Å². The van der Waals surface area contributed by atoms with Gasteiger partial charge >= 0.3 is 0 Å². The van der Waals surface area contributed by atoms with Crippen molar-refractivity contribution < 1.29 is 4.79 Å². The van der Waals surface area contributed by atoms with Gasteiger partial charge in [-0.3, -0.25) is 4.79 Å². The van der Waals surface area contributed by atoms with E-state index < -0.39 is 0 Å². The van der Waals surface area contributed by atoms with Gasteiger partial charge in [-0.15, -0.1) is 0 Å². The maximum absolute atomic E-state index is 10.9. The molecule has 1 rings (SSSR count). The van der Waals surface area contributed by atoms with Gasteiger partial charge in [-0.1, -0.05) is 6.42 Å². The van der Waals surface area contributed by atoms with Crippen LogP contribution in [0.5, 0.6) is 0 Å². The monoisotopic (exact) mass is 213 g/mol. The molecule has 0 aromatic carbocycles. The van der Waals surface area contributed by atoms with Crippen LogP contribution >= 0.6 is 0 Å². The number of amides is 1. The summed E-state index contributed by atoms with van der Waals surface area (Å²) in [4.78, 5) is 10.9. The molecule has 0 aliphatic carbocycles. The van der Waals surface area contributed by atoms with Crippen molar-refractivity contribution in [2.24, 2.45) is 5.73 Å². The number of carbonyl (C=O) groups excluding carboxylic acids is 1. The van der Waals surface area contributed by atoms with E-state index in [1.807, 2.05) is 6.92 Å². The second-order valence-electron chi connectivity index (χ2n) is 4.57. The molecule has 0 bridgehead atoms. The second kappa shape index (κ2) is 6.08. The van der Waals surface area contributed by atoms with Crippen molar-refractivity contribution in [3.8, 4) is 0 Å². The molecule has 1 fully saturated rings. The summed E-state index contributed by atoms with van der Waals surface area (Å²) in [6.07, 6.45) is 4.92. The summed E-state index contributed by atoms with van der Waals surface area (Å²) in [5.74, 6) is -0.279. The van der Waals surface area contributed by atoms with E-state index in [1.165, 1.54) is 19.3 Å². The van der Waals surface area contributed by atoms with Crippen molar-refractivity contribution in [3.63, 3.8) is 0 Å². The average molecular weight is 213 g/mol. The lowest BCUT2D eigenvalue weighted by Gasteiger charge is -2.27. The molecular weight excluding hydrogens is 190 g/mol. The molecule has 3 atom stereocenters. The Bertz CT molecular complexity index is 202. The zero-order valence-corrected chi connectivity index (χ0v) is 9.75. The van der Waals surface area contributed by atoms with Crippen LogP contribution in [0, 0.1) is 0 Å². The van der Waals surface area contributed by atoms with Crippen LogP contribution < -0.4 is 16.4 Å². The number of rotatable bonds is 5. The van der Waals surface area contributed by atoms with E-state index in [9.17, 15) is 4.79 Å². The number of piperidine rings is 1. The van der Waals surface area contributed by atoms with Gasteiger partial charge in [0.05, 0.1) is 6.04 Å². The van der Waals surface area contributed by atoms with Gasteiger partial charge in [-0.25, -0.2) is 0 Å². The molecule has 1 amide bonds. The molecule has 15 heavy (non-hydrogen) atoms. The molecule has 0 saturated carbocycles. The number of hydrogen-bond acceptors (Lipinski definition) is 3. The Morgan fingerprint density at radius 3 is 2.80 bits per heavy atom. The Kier molecular flexibility index (Phi) is 5.05. The van der Waals surface area contributed by atoms with E-state index in [2.05, 4.69) is 17.6 Å². The first-order valence-electron chi connectivity index (χ1n) is 5.88. The van der Waals surface area contributed by atoms with Crippen LogP contribution in [0.3, 0.4) is 0 Å². The average Bonchev–Trinajstić information content (AvgIpc) is 2.18. The quantitative estimate of drug-likeness (QED) is 0.618. The normalized spacial score (nSPS) is 25.9. The van der Waals surface area contributed by atoms with E-state index in [0.29, 0.717) is 12.1 Å². The smallest absolute Gasteiger partial charge is 0.234 e. The van der Waals surface area contributed by atoms with Gasteiger partial charge in [0.15, 0.2) is 0 Å². The number of primary amides is 1. The summed E-state index contributed by atoms with van der Waals surface area (Å²) < 4.78 is 0. The van der Waals surface area contributed by atoms with Crippen molar-refractivity contribution in [1.82, 2.24) is 10.6 Å². The largest absolute Gasteiger partial charge is 0.368 e. The first-order chi connectivity index (χ1) is 7.09. The van der Waals surface area contributed by atoms with Gasteiger partial charge < -0.3 is 16.4 Å². The number of nitrogens with two attached hydrogens (primary N) is 1. The first-order valence-corrected chi connectivity index (χ1v) is 5.88. The second-order valence-corrected chi connectivity index (χ2v) is 4.57. The lowest BCUT2D eigenvalue weighted by molar-refractivity contribution is -0.119. The molecule has 0 radical (unpaired) electrons. The Balaban J connectivity index is 2.22. The molecule has 4 N–H and O–H groups in total. The summed E-state index contributed by atoms with van der Waals surface area (Å²) in [6.45, 7) is 5.05. The van der Waals surface area contributed by atoms with Crippen LogP contribution in [0.15, 0.2) is 0 Å². The van der Waals surface area contributed by atoms with Crippen LogP contribution in [0.1, 0.15) is 39.5 Å². The first kappa shape index (κ1) is 12.5. The zero-order valence-electron chi connectivity index (χ0n) is 9.75. The SMILES string of the molecule is CC(CC1CCCCN1)NC(C)C(N)=O. The molecule has 88 valence electrons. The summed E-state index contributed by atoms with van der Waals surface area (Å²) in [7, 11) is 0. The van der Waals surface area contributed by atoms with Gasteiger partial charge in [0.25, 0.3) is 0 Å². The molecule has 3 unspecified atom stereocenters. The molecule has 4 heteroatoms. The Morgan fingerprint density at radius 2 is 2.27 bits per heavy atom. The molecule has 4 nitrogen and oxygen atoms in total. The van der Waals surface area contributed by atoms with Gasteiger partial charge in [0.2, 0.25) is 5.91 Å². The topological polar surface area (TPSA) is 67.2 Å². The fourth-order valence-corrected chi connectivity index (χ4v) is 2.13. The van der Waals surface area contributed by atoms with Crippen molar-refractivity contribution in [1.29, 1.82) is 0 Å². The highest BCUT2D eigenvalue weighted by Crippen LogP contribution is 2.11. The van der Waals surface area contributed by atoms with Crippen molar-refractivity contribution in [3.05, 3.63) is 0 Å². The molecule has 1 aliphatic heterocycles. The highest BCUT2D eigenvalue weighted by Gasteiger charge is 2.18. The molecule has 1 heterocycles. The minimum Gasteiger partial charge on any atom is -0.368 e. The van der Waals surface area contributed by atoms with Gasteiger partial charge in [0.1, 0.15) is 0 Å². The third-order valence-corrected chi connectivity index (χ3v) is 3.01. The highest BCUT2D eigenvalue weighted by atomic mass is 16.1. The Morgan fingerprint density at radius 1 is 1.53 bits per heavy atom. The maximum Gasteiger partial charge on any atom is 0.234 e. The Labute approximate surface area is 92.0 Å². The van der Waals surface area contributed by atoms with Gasteiger partial charge in [0, 0.05) is 12.1 Å². The standard InChI is InChI=1S/C11H23N3O/c1-8(14-9(2)11(12)15)7-10-5-3-4-6-13-10/h8-10,13-14H,3-7H2,1-2H3,(H2,12,15). The lowest BCUT2D eigenvalue weighted by atomic mass is 9.98. The minimum absolute atomic E-state index is 0.233. The van der Waals surface area contributed by atoms with E-state index >= 15 is 0 Å². The summed E-state index contributed by atoms with van der Waals surface area (Å²) in [6, 6.07) is 0.702. The number of carbonyl (C=O) groups is 1. The summed E-state index contributed by atoms with van der Waals surface area (Å²) in [5.41, 5.74) is 5.20. The van der Waals surface area contributed by atoms with Gasteiger partial charge in [-0.05, 0) is 39.7 Å². The van der Waals surface area contributed by atoms with Gasteiger partial charge in [-0.2, -0.15) is 0 Å². The third-order valence-electron chi connectivity index (χ3n) is 3.01. The van der Waals surface area contributed by atoms with Crippen molar-refractivity contribution in [2.45, 2.75) is 57.7 Å². The van der Waals surface area contributed by atoms with E-state index in [4.69, 9.17) is 5.73 Å². The van der Waals surface area contributed by atoms with Crippen LogP contribution in [0.25, 0.3) is 0 Å². The molecule has 0 spiro atoms. The number of hydrogen-bond donors (Lipinski definition) is 3. The fourth-order valence-electron chi connectivity index (χ4n) is 2.13. The third kappa shape index (κ3) is 4.62. The predicted octanol–water partition coefficient (Wildman–Crippen LogP) is 0.371. The number of nitrogens with one attached hydrogen (secondary N) is 2. The van der Waals surface area contributed by atoms with E-state index in [1.54, 1.807) is 0 Å². The molecule has 1 saturated heterocycles. The predicted molar refractivity (Wildman–Crippen MR) is 61.5 cm³/mol. The zero-order chi connectivity index (χ0) is 11.3. The molecule has 0 aromatic heterocycles. The fraction of sp³-hybridized carbons (Fsp3) is 0.909. The van der Waals surface area contributed by atoms with Crippen LogP contribution in [-0.4, -0.2) is 30.6 Å². The lowest BCUT2D eigenvalue weighted by Crippen LogP contribution is -2.46. The minimum atomic E-state index is -0.279.